The predicted molar refractivity (Wildman–Crippen MR) is 96.5 cm³/mol. The van der Waals surface area contributed by atoms with Gasteiger partial charge in [-0.2, -0.15) is 4.68 Å². The Morgan fingerprint density at radius 1 is 1.23 bits per heavy atom. The minimum atomic E-state index is -0.536. The van der Waals surface area contributed by atoms with E-state index in [1.54, 1.807) is 0 Å². The molecule has 0 saturated carbocycles. The summed E-state index contributed by atoms with van der Waals surface area (Å²) in [7, 11) is 0. The van der Waals surface area contributed by atoms with Gasteiger partial charge in [0.25, 0.3) is 0 Å². The first-order valence-electron chi connectivity index (χ1n) is 8.75. The molecule has 1 aromatic heterocycles. The third-order valence-corrected chi connectivity index (χ3v) is 4.58. The lowest BCUT2D eigenvalue weighted by molar-refractivity contribution is -0.389. The number of hydrogen-bond donors (Lipinski definition) is 0. The van der Waals surface area contributed by atoms with Crippen LogP contribution in [0.3, 0.4) is 0 Å². The van der Waals surface area contributed by atoms with E-state index in [9.17, 15) is 14.9 Å². The van der Waals surface area contributed by atoms with Crippen LogP contribution in [0, 0.1) is 17.0 Å². The van der Waals surface area contributed by atoms with Gasteiger partial charge >= 0.3 is 5.82 Å². The summed E-state index contributed by atoms with van der Waals surface area (Å²) in [5, 5.41) is 14.5. The van der Waals surface area contributed by atoms with Gasteiger partial charge in [-0.3, -0.25) is 9.69 Å². The maximum Gasteiger partial charge on any atom is 0.389 e. The summed E-state index contributed by atoms with van der Waals surface area (Å²) >= 11 is 0. The average molecular weight is 357 g/mol. The van der Waals surface area contributed by atoms with Crippen molar-refractivity contribution in [1.29, 1.82) is 0 Å². The quantitative estimate of drug-likeness (QED) is 0.582. The van der Waals surface area contributed by atoms with Gasteiger partial charge in [0.15, 0.2) is 0 Å². The summed E-state index contributed by atoms with van der Waals surface area (Å²) in [5.74, 6) is -0.124. The molecular weight excluding hydrogens is 334 g/mol. The SMILES string of the molecule is Cc1cccc(CN2CCN(C(=O)CCn3ccc([N+](=O)[O-])n3)CC2)c1. The molecule has 0 aliphatic carbocycles. The van der Waals surface area contributed by atoms with Gasteiger partial charge in [0.1, 0.15) is 0 Å². The minimum absolute atomic E-state index is 0.0679. The lowest BCUT2D eigenvalue weighted by Gasteiger charge is -2.34. The fourth-order valence-corrected chi connectivity index (χ4v) is 3.17. The molecule has 0 N–H and O–H groups in total. The van der Waals surface area contributed by atoms with Crippen molar-refractivity contribution < 1.29 is 9.72 Å². The van der Waals surface area contributed by atoms with E-state index in [1.807, 2.05) is 4.90 Å². The Hall–Kier alpha value is -2.74. The highest BCUT2D eigenvalue weighted by Crippen LogP contribution is 2.12. The number of amides is 1. The van der Waals surface area contributed by atoms with Gasteiger partial charge in [-0.1, -0.05) is 29.8 Å². The molecule has 0 spiro atoms. The summed E-state index contributed by atoms with van der Waals surface area (Å²) in [6.45, 7) is 6.48. The third kappa shape index (κ3) is 4.66. The van der Waals surface area contributed by atoms with Crippen LogP contribution >= 0.6 is 0 Å². The Morgan fingerprint density at radius 2 is 2.00 bits per heavy atom. The molecule has 1 aromatic carbocycles. The summed E-state index contributed by atoms with van der Waals surface area (Å²) < 4.78 is 1.45. The number of aromatic nitrogens is 2. The van der Waals surface area contributed by atoms with Crippen molar-refractivity contribution in [2.45, 2.75) is 26.4 Å². The standard InChI is InChI=1S/C18H23N5O3/c1-15-3-2-4-16(13-15)14-20-9-11-21(12-10-20)18(24)6-8-22-7-5-17(19-22)23(25)26/h2-5,7,13H,6,8-12,14H2,1H3. The molecule has 1 amide bonds. The molecule has 1 fully saturated rings. The molecule has 1 saturated heterocycles. The Morgan fingerprint density at radius 3 is 2.65 bits per heavy atom. The lowest BCUT2D eigenvalue weighted by atomic mass is 10.1. The summed E-state index contributed by atoms with van der Waals surface area (Å²) in [5.41, 5.74) is 2.56. The van der Waals surface area contributed by atoms with E-state index in [-0.39, 0.29) is 11.7 Å². The zero-order chi connectivity index (χ0) is 18.5. The Kier molecular flexibility index (Phi) is 5.62. The second-order valence-corrected chi connectivity index (χ2v) is 6.59. The number of piperazine rings is 1. The normalized spacial score (nSPS) is 15.2. The van der Waals surface area contributed by atoms with Gasteiger partial charge in [-0.15, -0.1) is 0 Å². The number of nitro groups is 1. The van der Waals surface area contributed by atoms with Gasteiger partial charge in [-0.05, 0) is 17.4 Å². The summed E-state index contributed by atoms with van der Waals surface area (Å²) in [4.78, 5) is 26.7. The molecule has 1 aliphatic rings. The number of carbonyl (C=O) groups excluding carboxylic acids is 1. The molecule has 0 radical (unpaired) electrons. The first-order chi connectivity index (χ1) is 12.5. The van der Waals surface area contributed by atoms with Crippen molar-refractivity contribution in [3.8, 4) is 0 Å². The van der Waals surface area contributed by atoms with Crippen molar-refractivity contribution in [3.05, 3.63) is 57.8 Å². The van der Waals surface area contributed by atoms with Crippen LogP contribution in [-0.2, 0) is 17.9 Å². The molecule has 0 atom stereocenters. The summed E-state index contributed by atoms with van der Waals surface area (Å²) in [6.07, 6.45) is 1.84. The van der Waals surface area contributed by atoms with Gasteiger partial charge < -0.3 is 15.0 Å². The molecule has 8 nitrogen and oxygen atoms in total. The molecule has 2 heterocycles. The topological polar surface area (TPSA) is 84.5 Å². The van der Waals surface area contributed by atoms with Crippen LogP contribution in [0.1, 0.15) is 17.5 Å². The maximum atomic E-state index is 12.4. The zero-order valence-corrected chi connectivity index (χ0v) is 14.9. The van der Waals surface area contributed by atoms with E-state index in [0.717, 1.165) is 19.6 Å². The molecule has 8 heteroatoms. The molecule has 0 unspecified atom stereocenters. The van der Waals surface area contributed by atoms with Crippen molar-refractivity contribution in [1.82, 2.24) is 19.6 Å². The Balaban J connectivity index is 1.43. The van der Waals surface area contributed by atoms with Crippen LogP contribution in [0.2, 0.25) is 0 Å². The predicted octanol–water partition coefficient (Wildman–Crippen LogP) is 1.83. The number of nitrogens with zero attached hydrogens (tertiary/aromatic N) is 5. The highest BCUT2D eigenvalue weighted by atomic mass is 16.6. The molecule has 138 valence electrons. The van der Waals surface area contributed by atoms with Gasteiger partial charge in [0, 0.05) is 39.1 Å². The molecule has 26 heavy (non-hydrogen) atoms. The molecule has 0 bridgehead atoms. The monoisotopic (exact) mass is 357 g/mol. The summed E-state index contributed by atoms with van der Waals surface area (Å²) in [6, 6.07) is 9.83. The number of benzene rings is 1. The van der Waals surface area contributed by atoms with E-state index in [0.29, 0.717) is 26.1 Å². The van der Waals surface area contributed by atoms with Crippen LogP contribution in [0.5, 0.6) is 0 Å². The second kappa shape index (κ2) is 8.09. The van der Waals surface area contributed by atoms with Crippen LogP contribution in [0.25, 0.3) is 0 Å². The van der Waals surface area contributed by atoms with Crippen molar-refractivity contribution in [3.63, 3.8) is 0 Å². The van der Waals surface area contributed by atoms with Gasteiger partial charge in [0.2, 0.25) is 5.91 Å². The highest BCUT2D eigenvalue weighted by Gasteiger charge is 2.21. The van der Waals surface area contributed by atoms with Crippen LogP contribution in [0.15, 0.2) is 36.5 Å². The molecular formula is C18H23N5O3. The first-order valence-corrected chi connectivity index (χ1v) is 8.75. The maximum absolute atomic E-state index is 12.4. The zero-order valence-electron chi connectivity index (χ0n) is 14.9. The number of carbonyl (C=O) groups is 1. The van der Waals surface area contributed by atoms with Gasteiger partial charge in [0.05, 0.1) is 23.9 Å². The second-order valence-electron chi connectivity index (χ2n) is 6.59. The third-order valence-electron chi connectivity index (χ3n) is 4.58. The first kappa shape index (κ1) is 18.1. The molecule has 2 aromatic rings. The number of aryl methyl sites for hydroxylation is 2. The van der Waals surface area contributed by atoms with Crippen molar-refractivity contribution in [2.75, 3.05) is 26.2 Å². The van der Waals surface area contributed by atoms with E-state index in [2.05, 4.69) is 41.2 Å². The lowest BCUT2D eigenvalue weighted by Crippen LogP contribution is -2.48. The van der Waals surface area contributed by atoms with Crippen LogP contribution in [-0.4, -0.2) is 56.6 Å². The number of rotatable bonds is 6. The largest absolute Gasteiger partial charge is 0.389 e. The smallest absolute Gasteiger partial charge is 0.358 e. The fraction of sp³-hybridized carbons (Fsp3) is 0.444. The van der Waals surface area contributed by atoms with E-state index >= 15 is 0 Å². The molecule has 1 aliphatic heterocycles. The fourth-order valence-electron chi connectivity index (χ4n) is 3.17. The van der Waals surface area contributed by atoms with Crippen molar-refractivity contribution >= 4 is 11.7 Å². The highest BCUT2D eigenvalue weighted by molar-refractivity contribution is 5.76. The van der Waals surface area contributed by atoms with Crippen LogP contribution in [0.4, 0.5) is 5.82 Å². The average Bonchev–Trinajstić information content (AvgIpc) is 3.10. The molecule has 3 rings (SSSR count). The van der Waals surface area contributed by atoms with E-state index < -0.39 is 4.92 Å². The number of hydrogen-bond acceptors (Lipinski definition) is 5. The van der Waals surface area contributed by atoms with E-state index in [4.69, 9.17) is 0 Å². The van der Waals surface area contributed by atoms with E-state index in [1.165, 1.54) is 28.1 Å². The van der Waals surface area contributed by atoms with Gasteiger partial charge in [-0.25, -0.2) is 0 Å². The van der Waals surface area contributed by atoms with Crippen LogP contribution < -0.4 is 0 Å². The Bertz CT molecular complexity index is 781. The van der Waals surface area contributed by atoms with Crippen molar-refractivity contribution in [2.24, 2.45) is 0 Å². The minimum Gasteiger partial charge on any atom is -0.358 e. The Labute approximate surface area is 152 Å².